The highest BCUT2D eigenvalue weighted by Gasteiger charge is 2.27. The Balaban J connectivity index is 2.45. The molecule has 1 aromatic rings. The van der Waals surface area contributed by atoms with Crippen molar-refractivity contribution in [2.45, 2.75) is 31.5 Å². The van der Waals surface area contributed by atoms with Crippen LogP contribution in [0, 0.1) is 0 Å². The average molecular weight is 234 g/mol. The Labute approximate surface area is 91.1 Å². The molecule has 0 saturated carbocycles. The summed E-state index contributed by atoms with van der Waals surface area (Å²) in [5.74, 6) is 5.65. The van der Waals surface area contributed by atoms with Crippen LogP contribution in [0.5, 0.6) is 0 Å². The first-order valence-electron chi connectivity index (χ1n) is 4.83. The predicted molar refractivity (Wildman–Crippen MR) is 52.0 cm³/mol. The number of nitrogens with zero attached hydrogens (tertiary/aromatic N) is 2. The summed E-state index contributed by atoms with van der Waals surface area (Å²) < 4.78 is 35.8. The third-order valence-corrected chi connectivity index (χ3v) is 2.05. The highest BCUT2D eigenvalue weighted by Crippen LogP contribution is 2.24. The fourth-order valence-corrected chi connectivity index (χ4v) is 1.28. The zero-order valence-electron chi connectivity index (χ0n) is 8.54. The molecule has 4 nitrogen and oxygen atoms in total. The van der Waals surface area contributed by atoms with E-state index in [0.717, 1.165) is 0 Å². The summed E-state index contributed by atoms with van der Waals surface area (Å²) in [6.45, 7) is 0. The van der Waals surface area contributed by atoms with Gasteiger partial charge in [0, 0.05) is 18.8 Å². The van der Waals surface area contributed by atoms with Crippen molar-refractivity contribution in [3.8, 4) is 0 Å². The fraction of sp³-hybridized carbons (Fsp3) is 0.556. The maximum Gasteiger partial charge on any atom is 0.389 e. The number of rotatable bonds is 5. The zero-order valence-corrected chi connectivity index (χ0v) is 8.54. The summed E-state index contributed by atoms with van der Waals surface area (Å²) in [6.07, 6.45) is -1.65. The second-order valence-electron chi connectivity index (χ2n) is 3.33. The lowest BCUT2D eigenvalue weighted by Gasteiger charge is -2.14. The van der Waals surface area contributed by atoms with E-state index in [1.165, 1.54) is 12.4 Å². The maximum absolute atomic E-state index is 11.9. The number of hydrazine groups is 1. The summed E-state index contributed by atoms with van der Waals surface area (Å²) in [7, 11) is 0. The van der Waals surface area contributed by atoms with Gasteiger partial charge in [-0.15, -0.1) is 0 Å². The van der Waals surface area contributed by atoms with Crippen molar-refractivity contribution in [3.63, 3.8) is 0 Å². The van der Waals surface area contributed by atoms with Crippen molar-refractivity contribution in [3.05, 3.63) is 24.3 Å². The Hall–Kier alpha value is -1.21. The fourth-order valence-electron chi connectivity index (χ4n) is 1.28. The van der Waals surface area contributed by atoms with Crippen LogP contribution in [0.15, 0.2) is 18.5 Å². The summed E-state index contributed by atoms with van der Waals surface area (Å²) >= 11 is 0. The molecule has 90 valence electrons. The summed E-state index contributed by atoms with van der Waals surface area (Å²) in [6, 6.07) is 1.19. The van der Waals surface area contributed by atoms with Gasteiger partial charge in [0.25, 0.3) is 0 Å². The molecule has 0 aromatic carbocycles. The molecular weight excluding hydrogens is 221 g/mol. The van der Waals surface area contributed by atoms with Crippen molar-refractivity contribution in [2.75, 3.05) is 0 Å². The third kappa shape index (κ3) is 4.54. The van der Waals surface area contributed by atoms with Gasteiger partial charge in [0.2, 0.25) is 0 Å². The Bertz CT molecular complexity index is 301. The molecular formula is C9H13F3N4. The van der Waals surface area contributed by atoms with E-state index >= 15 is 0 Å². The van der Waals surface area contributed by atoms with E-state index in [4.69, 9.17) is 5.84 Å². The van der Waals surface area contributed by atoms with Crippen LogP contribution in [0.2, 0.25) is 0 Å². The molecule has 1 atom stereocenters. The Morgan fingerprint density at radius 2 is 1.94 bits per heavy atom. The molecule has 16 heavy (non-hydrogen) atoms. The minimum atomic E-state index is -4.13. The molecule has 0 bridgehead atoms. The van der Waals surface area contributed by atoms with E-state index in [9.17, 15) is 13.2 Å². The van der Waals surface area contributed by atoms with Crippen molar-refractivity contribution < 1.29 is 13.2 Å². The minimum Gasteiger partial charge on any atom is -0.271 e. The lowest BCUT2D eigenvalue weighted by Crippen LogP contribution is -2.29. The topological polar surface area (TPSA) is 63.8 Å². The quantitative estimate of drug-likeness (QED) is 0.601. The van der Waals surface area contributed by atoms with Gasteiger partial charge in [0.1, 0.15) is 5.82 Å². The number of hydrogen-bond acceptors (Lipinski definition) is 4. The van der Waals surface area contributed by atoms with Gasteiger partial charge >= 0.3 is 6.18 Å². The smallest absolute Gasteiger partial charge is 0.271 e. The molecule has 0 aliphatic carbocycles. The van der Waals surface area contributed by atoms with E-state index in [2.05, 4.69) is 15.4 Å². The molecule has 1 aromatic heterocycles. The highest BCUT2D eigenvalue weighted by molar-refractivity contribution is 4.95. The molecule has 0 amide bonds. The van der Waals surface area contributed by atoms with Crippen molar-refractivity contribution in [1.82, 2.24) is 15.4 Å². The molecule has 0 aliphatic heterocycles. The highest BCUT2D eigenvalue weighted by atomic mass is 19.4. The average Bonchev–Trinajstić information content (AvgIpc) is 2.24. The van der Waals surface area contributed by atoms with Crippen molar-refractivity contribution in [2.24, 2.45) is 5.84 Å². The van der Waals surface area contributed by atoms with Gasteiger partial charge in [0.15, 0.2) is 0 Å². The van der Waals surface area contributed by atoms with Crippen LogP contribution in [0.4, 0.5) is 13.2 Å². The number of aromatic nitrogens is 2. The number of halogens is 3. The van der Waals surface area contributed by atoms with Gasteiger partial charge in [0.05, 0.1) is 6.04 Å². The first-order chi connectivity index (χ1) is 7.53. The van der Waals surface area contributed by atoms with Crippen LogP contribution >= 0.6 is 0 Å². The van der Waals surface area contributed by atoms with Crippen LogP contribution < -0.4 is 11.3 Å². The molecule has 0 fully saturated rings. The Kier molecular flexibility index (Phi) is 4.63. The molecule has 0 saturated heterocycles. The maximum atomic E-state index is 11.9. The largest absolute Gasteiger partial charge is 0.389 e. The van der Waals surface area contributed by atoms with Crippen LogP contribution in [-0.4, -0.2) is 16.1 Å². The number of nitrogens with two attached hydrogens (primary N) is 1. The molecule has 0 spiro atoms. The van der Waals surface area contributed by atoms with Gasteiger partial charge in [-0.05, 0) is 18.9 Å². The summed E-state index contributed by atoms with van der Waals surface area (Å²) in [5, 5.41) is 0. The lowest BCUT2D eigenvalue weighted by atomic mass is 10.1. The van der Waals surface area contributed by atoms with Gasteiger partial charge in [-0.1, -0.05) is 0 Å². The van der Waals surface area contributed by atoms with E-state index in [1.54, 1.807) is 6.07 Å². The first kappa shape index (κ1) is 12.9. The standard InChI is InChI=1S/C9H13F3N4/c10-9(11,12)4-1-3-7(16-13)8-14-5-2-6-15-8/h2,5-7,16H,1,3-4,13H2. The van der Waals surface area contributed by atoms with Gasteiger partial charge in [-0.25, -0.2) is 15.4 Å². The zero-order chi connectivity index (χ0) is 12.0. The SMILES string of the molecule is NNC(CCCC(F)(F)F)c1ncccn1. The van der Waals surface area contributed by atoms with E-state index < -0.39 is 18.6 Å². The molecule has 7 heteroatoms. The summed E-state index contributed by atoms with van der Waals surface area (Å²) in [4.78, 5) is 7.86. The molecule has 0 aliphatic rings. The van der Waals surface area contributed by atoms with Crippen molar-refractivity contribution >= 4 is 0 Å². The van der Waals surface area contributed by atoms with Crippen LogP contribution in [0.25, 0.3) is 0 Å². The number of hydrogen-bond donors (Lipinski definition) is 2. The van der Waals surface area contributed by atoms with E-state index in [-0.39, 0.29) is 12.8 Å². The number of alkyl halides is 3. The monoisotopic (exact) mass is 234 g/mol. The van der Waals surface area contributed by atoms with Crippen LogP contribution in [-0.2, 0) is 0 Å². The summed E-state index contributed by atoms with van der Waals surface area (Å²) in [5.41, 5.74) is 2.41. The third-order valence-electron chi connectivity index (χ3n) is 2.05. The first-order valence-corrected chi connectivity index (χ1v) is 4.83. The molecule has 3 N–H and O–H groups in total. The number of nitrogens with one attached hydrogen (secondary N) is 1. The van der Waals surface area contributed by atoms with Gasteiger partial charge in [-0.2, -0.15) is 13.2 Å². The van der Waals surface area contributed by atoms with Gasteiger partial charge < -0.3 is 0 Å². The molecule has 1 rings (SSSR count). The minimum absolute atomic E-state index is 0.00335. The molecule has 1 unspecified atom stereocenters. The second-order valence-corrected chi connectivity index (χ2v) is 3.33. The van der Waals surface area contributed by atoms with Crippen LogP contribution in [0.3, 0.4) is 0 Å². The Morgan fingerprint density at radius 1 is 1.31 bits per heavy atom. The van der Waals surface area contributed by atoms with E-state index in [1.807, 2.05) is 0 Å². The van der Waals surface area contributed by atoms with Gasteiger partial charge in [-0.3, -0.25) is 5.84 Å². The normalized spacial score (nSPS) is 13.8. The molecule has 1 heterocycles. The van der Waals surface area contributed by atoms with Crippen molar-refractivity contribution in [1.29, 1.82) is 0 Å². The van der Waals surface area contributed by atoms with Crippen LogP contribution in [0.1, 0.15) is 31.1 Å². The lowest BCUT2D eigenvalue weighted by molar-refractivity contribution is -0.135. The second kappa shape index (κ2) is 5.76. The Morgan fingerprint density at radius 3 is 2.44 bits per heavy atom. The predicted octanol–water partition coefficient (Wildman–Crippen LogP) is 1.71. The van der Waals surface area contributed by atoms with E-state index in [0.29, 0.717) is 5.82 Å². The molecule has 0 radical (unpaired) electrons.